The van der Waals surface area contributed by atoms with E-state index in [2.05, 4.69) is 9.88 Å². The number of hydrogen-bond acceptors (Lipinski definition) is 4. The Morgan fingerprint density at radius 3 is 2.07 bits per heavy atom. The van der Waals surface area contributed by atoms with Crippen LogP contribution < -0.4 is 4.90 Å². The van der Waals surface area contributed by atoms with Crippen LogP contribution in [0.3, 0.4) is 0 Å². The summed E-state index contributed by atoms with van der Waals surface area (Å²) in [4.78, 5) is 34.1. The highest BCUT2D eigenvalue weighted by molar-refractivity contribution is 6.15. The van der Waals surface area contributed by atoms with E-state index in [1.807, 2.05) is 12.1 Å². The Labute approximate surface area is 168 Å². The molecule has 1 aliphatic heterocycles. The van der Waals surface area contributed by atoms with Crippen LogP contribution >= 0.6 is 0 Å². The standard InChI is InChI=1S/C23H20FN3O2/c24-18-7-5-17(6-8-18)22(28)20-3-1-2-4-21(20)23(29)27-15-13-26(14-16-27)19-9-11-25-12-10-19/h1-12H,13-16H2. The molecule has 3 aromatic rings. The van der Waals surface area contributed by atoms with Crippen molar-refractivity contribution in [2.24, 2.45) is 0 Å². The first kappa shape index (κ1) is 18.8. The SMILES string of the molecule is O=C(c1ccc(F)cc1)c1ccccc1C(=O)N1CCN(c2ccncc2)CC1. The fourth-order valence-corrected chi connectivity index (χ4v) is 3.52. The molecule has 1 aliphatic rings. The molecule has 0 saturated carbocycles. The van der Waals surface area contributed by atoms with E-state index in [1.165, 1.54) is 24.3 Å². The predicted molar refractivity (Wildman–Crippen MR) is 109 cm³/mol. The number of hydrogen-bond donors (Lipinski definition) is 0. The van der Waals surface area contributed by atoms with Crippen LogP contribution in [-0.2, 0) is 0 Å². The average molecular weight is 389 g/mol. The van der Waals surface area contributed by atoms with Crippen LogP contribution in [0.15, 0.2) is 73.1 Å². The van der Waals surface area contributed by atoms with Crippen molar-refractivity contribution in [3.05, 3.63) is 95.6 Å². The van der Waals surface area contributed by atoms with Crippen molar-refractivity contribution in [1.29, 1.82) is 0 Å². The van der Waals surface area contributed by atoms with E-state index < -0.39 is 5.82 Å². The first-order valence-corrected chi connectivity index (χ1v) is 9.47. The zero-order chi connectivity index (χ0) is 20.2. The lowest BCUT2D eigenvalue weighted by Crippen LogP contribution is -2.49. The van der Waals surface area contributed by atoms with Crippen molar-refractivity contribution in [2.45, 2.75) is 0 Å². The molecule has 0 spiro atoms. The molecule has 0 unspecified atom stereocenters. The normalized spacial score (nSPS) is 14.0. The second-order valence-electron chi connectivity index (χ2n) is 6.87. The summed E-state index contributed by atoms with van der Waals surface area (Å²) in [5.74, 6) is -0.854. The zero-order valence-electron chi connectivity index (χ0n) is 15.8. The van der Waals surface area contributed by atoms with E-state index in [-0.39, 0.29) is 11.7 Å². The number of pyridine rings is 1. The average Bonchev–Trinajstić information content (AvgIpc) is 2.79. The third kappa shape index (κ3) is 4.01. The van der Waals surface area contributed by atoms with Crippen molar-refractivity contribution in [3.63, 3.8) is 0 Å². The summed E-state index contributed by atoms with van der Waals surface area (Å²) >= 11 is 0. The number of aromatic nitrogens is 1. The van der Waals surface area contributed by atoms with E-state index in [4.69, 9.17) is 0 Å². The van der Waals surface area contributed by atoms with Gasteiger partial charge in [-0.1, -0.05) is 18.2 Å². The summed E-state index contributed by atoms with van der Waals surface area (Å²) in [7, 11) is 0. The Morgan fingerprint density at radius 1 is 0.793 bits per heavy atom. The van der Waals surface area contributed by atoms with Crippen molar-refractivity contribution < 1.29 is 14.0 Å². The van der Waals surface area contributed by atoms with Gasteiger partial charge in [0, 0.05) is 55.4 Å². The van der Waals surface area contributed by atoms with Crippen LogP contribution in [0.2, 0.25) is 0 Å². The van der Waals surface area contributed by atoms with Gasteiger partial charge >= 0.3 is 0 Å². The second kappa shape index (κ2) is 8.22. The molecular weight excluding hydrogens is 369 g/mol. The summed E-state index contributed by atoms with van der Waals surface area (Å²) in [5, 5.41) is 0. The van der Waals surface area contributed by atoms with Crippen molar-refractivity contribution in [1.82, 2.24) is 9.88 Å². The number of carbonyl (C=O) groups excluding carboxylic acids is 2. The molecule has 0 bridgehead atoms. The molecule has 0 aliphatic carbocycles. The summed E-state index contributed by atoms with van der Waals surface area (Å²) < 4.78 is 13.2. The van der Waals surface area contributed by atoms with Crippen molar-refractivity contribution >= 4 is 17.4 Å². The lowest BCUT2D eigenvalue weighted by atomic mass is 9.97. The quantitative estimate of drug-likeness (QED) is 0.642. The number of carbonyl (C=O) groups is 2. The Kier molecular flexibility index (Phi) is 5.33. The van der Waals surface area contributed by atoms with Crippen molar-refractivity contribution in [3.8, 4) is 0 Å². The highest BCUT2D eigenvalue weighted by Gasteiger charge is 2.25. The molecule has 1 aromatic heterocycles. The zero-order valence-corrected chi connectivity index (χ0v) is 15.8. The molecule has 0 atom stereocenters. The van der Waals surface area contributed by atoms with Gasteiger partial charge in [-0.2, -0.15) is 0 Å². The monoisotopic (exact) mass is 389 g/mol. The molecule has 1 fully saturated rings. The number of nitrogens with zero attached hydrogens (tertiary/aromatic N) is 3. The maximum absolute atomic E-state index is 13.2. The minimum Gasteiger partial charge on any atom is -0.368 e. The molecule has 2 aromatic carbocycles. The van der Waals surface area contributed by atoms with Gasteiger partial charge in [-0.25, -0.2) is 4.39 Å². The van der Waals surface area contributed by atoms with E-state index in [0.29, 0.717) is 42.9 Å². The maximum atomic E-state index is 13.2. The predicted octanol–water partition coefficient (Wildman–Crippen LogP) is 3.41. The van der Waals surface area contributed by atoms with E-state index in [0.717, 1.165) is 5.69 Å². The molecule has 1 saturated heterocycles. The number of halogens is 1. The maximum Gasteiger partial charge on any atom is 0.254 e. The first-order chi connectivity index (χ1) is 14.1. The third-order valence-corrected chi connectivity index (χ3v) is 5.10. The summed E-state index contributed by atoms with van der Waals surface area (Å²) in [5.41, 5.74) is 2.15. The number of anilines is 1. The molecule has 4 rings (SSSR count). The van der Waals surface area contributed by atoms with E-state index in [9.17, 15) is 14.0 Å². The van der Waals surface area contributed by atoms with Crippen LogP contribution in [0.1, 0.15) is 26.3 Å². The summed E-state index contributed by atoms with van der Waals surface area (Å²) in [6.07, 6.45) is 3.51. The minimum absolute atomic E-state index is 0.162. The minimum atomic E-state index is -0.405. The van der Waals surface area contributed by atoms with Gasteiger partial charge in [0.15, 0.2) is 5.78 Å². The fraction of sp³-hybridized carbons (Fsp3) is 0.174. The van der Waals surface area contributed by atoms with E-state index in [1.54, 1.807) is 41.6 Å². The van der Waals surface area contributed by atoms with Gasteiger partial charge in [-0.05, 0) is 42.5 Å². The molecule has 0 N–H and O–H groups in total. The fourth-order valence-electron chi connectivity index (χ4n) is 3.52. The molecule has 146 valence electrons. The van der Waals surface area contributed by atoms with Crippen LogP contribution in [0.25, 0.3) is 0 Å². The van der Waals surface area contributed by atoms with Gasteiger partial charge in [-0.3, -0.25) is 14.6 Å². The molecule has 5 nitrogen and oxygen atoms in total. The first-order valence-electron chi connectivity index (χ1n) is 9.47. The van der Waals surface area contributed by atoms with Crippen LogP contribution in [-0.4, -0.2) is 47.8 Å². The molecule has 2 heterocycles. The smallest absolute Gasteiger partial charge is 0.254 e. The Hall–Kier alpha value is -3.54. The van der Waals surface area contributed by atoms with Gasteiger partial charge in [0.25, 0.3) is 5.91 Å². The number of benzene rings is 2. The Balaban J connectivity index is 1.51. The highest BCUT2D eigenvalue weighted by Crippen LogP contribution is 2.20. The Morgan fingerprint density at radius 2 is 1.41 bits per heavy atom. The van der Waals surface area contributed by atoms with Crippen LogP contribution in [0.5, 0.6) is 0 Å². The molecule has 29 heavy (non-hydrogen) atoms. The van der Waals surface area contributed by atoms with Gasteiger partial charge in [-0.15, -0.1) is 0 Å². The van der Waals surface area contributed by atoms with Gasteiger partial charge in [0.2, 0.25) is 0 Å². The van der Waals surface area contributed by atoms with Crippen LogP contribution in [0.4, 0.5) is 10.1 Å². The van der Waals surface area contributed by atoms with Crippen LogP contribution in [0, 0.1) is 5.82 Å². The number of rotatable bonds is 4. The lowest BCUT2D eigenvalue weighted by Gasteiger charge is -2.36. The molecular formula is C23H20FN3O2. The Bertz CT molecular complexity index is 1010. The molecule has 0 radical (unpaired) electrons. The number of ketones is 1. The van der Waals surface area contributed by atoms with E-state index >= 15 is 0 Å². The largest absolute Gasteiger partial charge is 0.368 e. The van der Waals surface area contributed by atoms with Crippen molar-refractivity contribution in [2.75, 3.05) is 31.1 Å². The van der Waals surface area contributed by atoms with Gasteiger partial charge in [0.05, 0.1) is 5.56 Å². The summed E-state index contributed by atoms with van der Waals surface area (Å²) in [6, 6.07) is 16.1. The molecule has 6 heteroatoms. The molecule has 1 amide bonds. The highest BCUT2D eigenvalue weighted by atomic mass is 19.1. The lowest BCUT2D eigenvalue weighted by molar-refractivity contribution is 0.0742. The third-order valence-electron chi connectivity index (χ3n) is 5.10. The topological polar surface area (TPSA) is 53.5 Å². The second-order valence-corrected chi connectivity index (χ2v) is 6.87. The summed E-state index contributed by atoms with van der Waals surface area (Å²) in [6.45, 7) is 2.56. The number of piperazine rings is 1. The van der Waals surface area contributed by atoms with Gasteiger partial charge < -0.3 is 9.80 Å². The number of amides is 1. The van der Waals surface area contributed by atoms with Gasteiger partial charge in [0.1, 0.15) is 5.82 Å².